The van der Waals surface area contributed by atoms with Crippen LogP contribution in [0.15, 0.2) is 73.3 Å². The SMILES string of the molecule is Cc1cn(CC2=Cc3cc(Cl)ccc3C(C3CCN(C(=O)Nc4ccc(C#N)cc4)CC3)c3ncccc32)cn1. The average Bonchev–Trinajstić information content (AvgIpc) is 3.33. The number of carbonyl (C=O) groups is 1. The van der Waals surface area contributed by atoms with Crippen LogP contribution in [-0.2, 0) is 6.54 Å². The monoisotopic (exact) mass is 548 g/mol. The van der Waals surface area contributed by atoms with Gasteiger partial charge >= 0.3 is 6.03 Å². The number of amides is 2. The van der Waals surface area contributed by atoms with Crippen LogP contribution < -0.4 is 5.32 Å². The minimum atomic E-state index is -0.116. The molecule has 0 saturated carbocycles. The summed E-state index contributed by atoms with van der Waals surface area (Å²) in [5, 5.41) is 12.7. The number of allylic oxidation sites excluding steroid dienone is 1. The van der Waals surface area contributed by atoms with Gasteiger partial charge < -0.3 is 14.8 Å². The van der Waals surface area contributed by atoms with E-state index in [-0.39, 0.29) is 11.9 Å². The largest absolute Gasteiger partial charge is 0.333 e. The van der Waals surface area contributed by atoms with Gasteiger partial charge in [0.05, 0.1) is 29.3 Å². The number of anilines is 1. The van der Waals surface area contributed by atoms with Crippen LogP contribution in [0.25, 0.3) is 11.6 Å². The van der Waals surface area contributed by atoms with Crippen molar-refractivity contribution in [2.24, 2.45) is 5.92 Å². The van der Waals surface area contributed by atoms with Crippen molar-refractivity contribution in [3.05, 3.63) is 112 Å². The number of aromatic nitrogens is 3. The molecule has 0 radical (unpaired) electrons. The molecule has 1 unspecified atom stereocenters. The first kappa shape index (κ1) is 25.8. The lowest BCUT2D eigenvalue weighted by molar-refractivity contribution is 0.177. The predicted octanol–water partition coefficient (Wildman–Crippen LogP) is 6.74. The molecule has 1 aliphatic heterocycles. The molecule has 40 heavy (non-hydrogen) atoms. The summed E-state index contributed by atoms with van der Waals surface area (Å²) in [6.07, 6.45) is 9.77. The number of rotatable bonds is 4. The molecule has 6 rings (SSSR count). The van der Waals surface area contributed by atoms with Crippen molar-refractivity contribution in [3.8, 4) is 6.07 Å². The van der Waals surface area contributed by atoms with E-state index in [0.29, 0.717) is 41.8 Å². The Balaban J connectivity index is 1.27. The Morgan fingerprint density at radius 2 is 1.93 bits per heavy atom. The van der Waals surface area contributed by atoms with Gasteiger partial charge in [0.25, 0.3) is 0 Å². The van der Waals surface area contributed by atoms with E-state index in [4.69, 9.17) is 21.8 Å². The number of likely N-dealkylation sites (tertiary alicyclic amines) is 1. The number of nitrogens with zero attached hydrogens (tertiary/aromatic N) is 5. The summed E-state index contributed by atoms with van der Waals surface area (Å²) < 4.78 is 2.10. The number of urea groups is 1. The first-order valence-corrected chi connectivity index (χ1v) is 13.9. The van der Waals surface area contributed by atoms with E-state index in [9.17, 15) is 4.79 Å². The van der Waals surface area contributed by atoms with Gasteiger partial charge in [-0.15, -0.1) is 0 Å². The fourth-order valence-electron chi connectivity index (χ4n) is 5.93. The minimum absolute atomic E-state index is 0.0884. The zero-order valence-electron chi connectivity index (χ0n) is 22.2. The van der Waals surface area contributed by atoms with Gasteiger partial charge in [-0.1, -0.05) is 23.7 Å². The van der Waals surface area contributed by atoms with Crippen LogP contribution >= 0.6 is 11.6 Å². The first-order chi connectivity index (χ1) is 19.5. The Bertz CT molecular complexity index is 1630. The van der Waals surface area contributed by atoms with Crippen LogP contribution in [0.4, 0.5) is 10.5 Å². The number of imidazole rings is 1. The number of piperidine rings is 1. The molecule has 2 aromatic carbocycles. The summed E-state index contributed by atoms with van der Waals surface area (Å²) in [4.78, 5) is 24.3. The lowest BCUT2D eigenvalue weighted by Gasteiger charge is -2.36. The van der Waals surface area contributed by atoms with Gasteiger partial charge in [0.15, 0.2) is 0 Å². The Labute approximate surface area is 238 Å². The molecule has 0 bridgehead atoms. The number of hydrogen-bond donors (Lipinski definition) is 1. The molecular formula is C32H29ClN6O. The van der Waals surface area contributed by atoms with Crippen LogP contribution in [0, 0.1) is 24.2 Å². The van der Waals surface area contributed by atoms with Crippen molar-refractivity contribution in [1.29, 1.82) is 5.26 Å². The number of aryl methyl sites for hydroxylation is 1. The number of hydrogen-bond acceptors (Lipinski definition) is 4. The van der Waals surface area contributed by atoms with Crippen molar-refractivity contribution < 1.29 is 4.79 Å². The molecule has 2 amide bonds. The van der Waals surface area contributed by atoms with Crippen LogP contribution in [0.1, 0.15) is 52.4 Å². The number of fused-ring (bicyclic) bond motifs is 2. The summed E-state index contributed by atoms with van der Waals surface area (Å²) >= 11 is 6.50. The lowest BCUT2D eigenvalue weighted by atomic mass is 9.76. The van der Waals surface area contributed by atoms with Crippen molar-refractivity contribution in [3.63, 3.8) is 0 Å². The van der Waals surface area contributed by atoms with E-state index < -0.39 is 0 Å². The third kappa shape index (κ3) is 5.23. The van der Waals surface area contributed by atoms with E-state index in [1.54, 1.807) is 24.3 Å². The molecule has 1 N–H and O–H groups in total. The van der Waals surface area contributed by atoms with Crippen molar-refractivity contribution >= 4 is 35.0 Å². The summed E-state index contributed by atoms with van der Waals surface area (Å²) in [6, 6.07) is 19.2. The number of halogens is 1. The third-order valence-electron chi connectivity index (χ3n) is 7.87. The van der Waals surface area contributed by atoms with E-state index in [1.807, 2.05) is 36.5 Å². The van der Waals surface area contributed by atoms with Crippen LogP contribution in [-0.4, -0.2) is 38.6 Å². The maximum atomic E-state index is 13.0. The molecule has 1 saturated heterocycles. The second kappa shape index (κ2) is 11.0. The molecule has 7 nitrogen and oxygen atoms in total. The van der Waals surface area contributed by atoms with Crippen molar-refractivity contribution in [2.45, 2.75) is 32.2 Å². The summed E-state index contributed by atoms with van der Waals surface area (Å²) in [5.41, 5.74) is 7.97. The fourth-order valence-corrected chi connectivity index (χ4v) is 6.11. The highest BCUT2D eigenvalue weighted by atomic mass is 35.5. The Kier molecular flexibility index (Phi) is 7.10. The van der Waals surface area contributed by atoms with Crippen molar-refractivity contribution in [1.82, 2.24) is 19.4 Å². The molecule has 1 atom stereocenters. The zero-order valence-corrected chi connectivity index (χ0v) is 23.0. The van der Waals surface area contributed by atoms with Crippen LogP contribution in [0.2, 0.25) is 5.02 Å². The van der Waals surface area contributed by atoms with Crippen LogP contribution in [0.3, 0.4) is 0 Å². The van der Waals surface area contributed by atoms with E-state index in [1.165, 1.54) is 11.1 Å². The van der Waals surface area contributed by atoms with Gasteiger partial charge in [-0.05, 0) is 90.9 Å². The number of pyridine rings is 1. The number of nitriles is 1. The zero-order chi connectivity index (χ0) is 27.6. The standard InChI is InChI=1S/C32H29ClN6O/c1-21-18-38(20-36-21)19-25-15-24-16-26(33)6-9-28(24)30(31-29(25)3-2-12-35-31)23-10-13-39(14-11-23)32(40)37-27-7-4-22(17-34)5-8-27/h2-9,12,15-16,18,20,23,30H,10-11,13-14,19H2,1H3,(H,37,40). The average molecular weight is 549 g/mol. The molecule has 1 aliphatic carbocycles. The number of nitrogens with one attached hydrogen (secondary N) is 1. The molecule has 200 valence electrons. The van der Waals surface area contributed by atoms with Gasteiger partial charge in [-0.2, -0.15) is 5.26 Å². The summed E-state index contributed by atoms with van der Waals surface area (Å²) in [5.74, 6) is 0.404. The summed E-state index contributed by atoms with van der Waals surface area (Å²) in [6.45, 7) is 3.99. The topological polar surface area (TPSA) is 86.8 Å². The highest BCUT2D eigenvalue weighted by molar-refractivity contribution is 6.30. The summed E-state index contributed by atoms with van der Waals surface area (Å²) in [7, 11) is 0. The van der Waals surface area contributed by atoms with Crippen LogP contribution in [0.5, 0.6) is 0 Å². The van der Waals surface area contributed by atoms with Gasteiger partial charge in [0, 0.05) is 54.2 Å². The molecule has 0 spiro atoms. The second-order valence-electron chi connectivity index (χ2n) is 10.5. The Hall–Kier alpha value is -4.41. The highest BCUT2D eigenvalue weighted by Crippen LogP contribution is 2.45. The van der Waals surface area contributed by atoms with Gasteiger partial charge in [-0.25, -0.2) is 9.78 Å². The molecule has 2 aliphatic rings. The first-order valence-electron chi connectivity index (χ1n) is 13.5. The third-order valence-corrected chi connectivity index (χ3v) is 8.11. The van der Waals surface area contributed by atoms with E-state index >= 15 is 0 Å². The maximum Gasteiger partial charge on any atom is 0.321 e. The molecule has 2 aromatic heterocycles. The normalized spacial score (nSPS) is 16.8. The highest BCUT2D eigenvalue weighted by Gasteiger charge is 2.35. The Morgan fingerprint density at radius 1 is 1.12 bits per heavy atom. The number of carbonyl (C=O) groups excluding carboxylic acids is 1. The number of benzene rings is 2. The van der Waals surface area contributed by atoms with Gasteiger partial charge in [-0.3, -0.25) is 4.98 Å². The smallest absolute Gasteiger partial charge is 0.321 e. The molecular weight excluding hydrogens is 520 g/mol. The molecule has 4 aromatic rings. The second-order valence-corrected chi connectivity index (χ2v) is 10.9. The van der Waals surface area contributed by atoms with E-state index in [2.05, 4.69) is 51.4 Å². The lowest BCUT2D eigenvalue weighted by Crippen LogP contribution is -2.42. The predicted molar refractivity (Wildman–Crippen MR) is 157 cm³/mol. The molecule has 3 heterocycles. The maximum absolute atomic E-state index is 13.0. The fraction of sp³-hybridized carbons (Fsp3) is 0.250. The molecule has 1 fully saturated rings. The van der Waals surface area contributed by atoms with Gasteiger partial charge in [0.1, 0.15) is 0 Å². The van der Waals surface area contributed by atoms with Gasteiger partial charge in [0.2, 0.25) is 0 Å². The quantitative estimate of drug-likeness (QED) is 0.306. The minimum Gasteiger partial charge on any atom is -0.333 e. The van der Waals surface area contributed by atoms with E-state index in [0.717, 1.165) is 35.4 Å². The molecule has 8 heteroatoms. The van der Waals surface area contributed by atoms with Crippen molar-refractivity contribution in [2.75, 3.05) is 18.4 Å². The Morgan fingerprint density at radius 3 is 2.65 bits per heavy atom.